The molecule has 0 bridgehead atoms. The van der Waals surface area contributed by atoms with Crippen molar-refractivity contribution in [1.82, 2.24) is 10.3 Å². The number of carbonyl (C=O) groups excluding carboxylic acids is 1. The van der Waals surface area contributed by atoms with Gasteiger partial charge in [-0.2, -0.15) is 0 Å². The molecule has 0 spiro atoms. The number of methoxy groups -OCH3 is 2. The zero-order valence-corrected chi connectivity index (χ0v) is 17.7. The molecule has 1 N–H and O–H groups in total. The van der Waals surface area contributed by atoms with Crippen molar-refractivity contribution in [3.8, 4) is 22.1 Å². The van der Waals surface area contributed by atoms with Crippen LogP contribution in [0.5, 0.6) is 11.5 Å². The van der Waals surface area contributed by atoms with E-state index in [2.05, 4.69) is 27.8 Å². The van der Waals surface area contributed by atoms with Crippen LogP contribution >= 0.6 is 22.7 Å². The van der Waals surface area contributed by atoms with Gasteiger partial charge in [-0.15, -0.1) is 22.7 Å². The Labute approximate surface area is 172 Å². The Morgan fingerprint density at radius 3 is 2.71 bits per heavy atom. The van der Waals surface area contributed by atoms with Gasteiger partial charge in [0.25, 0.3) is 0 Å². The number of ether oxygens (including phenoxy) is 2. The van der Waals surface area contributed by atoms with Gasteiger partial charge in [0.2, 0.25) is 5.91 Å². The molecule has 7 heteroatoms. The first-order valence-corrected chi connectivity index (χ1v) is 10.5. The summed E-state index contributed by atoms with van der Waals surface area (Å²) >= 11 is 3.37. The maximum absolute atomic E-state index is 12.1. The highest BCUT2D eigenvalue weighted by Crippen LogP contribution is 2.29. The van der Waals surface area contributed by atoms with Crippen molar-refractivity contribution < 1.29 is 14.3 Å². The lowest BCUT2D eigenvalue weighted by Gasteiger charge is -2.07. The van der Waals surface area contributed by atoms with Gasteiger partial charge in [-0.25, -0.2) is 4.98 Å². The summed E-state index contributed by atoms with van der Waals surface area (Å²) in [6.45, 7) is 2.60. The van der Waals surface area contributed by atoms with E-state index in [1.807, 2.05) is 25.1 Å². The molecular formula is C21H22N2O3S2. The number of benzene rings is 1. The third-order valence-electron chi connectivity index (χ3n) is 4.04. The smallest absolute Gasteiger partial charge is 0.244 e. The molecule has 146 valence electrons. The highest BCUT2D eigenvalue weighted by atomic mass is 32.1. The van der Waals surface area contributed by atoms with Crippen LogP contribution in [0.1, 0.15) is 15.4 Å². The van der Waals surface area contributed by atoms with Gasteiger partial charge in [-0.05, 0) is 49.2 Å². The average molecular weight is 415 g/mol. The second-order valence-corrected chi connectivity index (χ2v) is 8.24. The minimum Gasteiger partial charge on any atom is -0.493 e. The highest BCUT2D eigenvalue weighted by molar-refractivity contribution is 7.16. The first-order valence-electron chi connectivity index (χ1n) is 8.78. The number of rotatable bonds is 8. The maximum Gasteiger partial charge on any atom is 0.244 e. The molecule has 1 aromatic carbocycles. The molecule has 2 heterocycles. The molecule has 3 rings (SSSR count). The lowest BCUT2D eigenvalue weighted by Crippen LogP contribution is -2.23. The van der Waals surface area contributed by atoms with Gasteiger partial charge < -0.3 is 14.8 Å². The second-order valence-electron chi connectivity index (χ2n) is 6.01. The number of carbonyl (C=O) groups is 1. The summed E-state index contributed by atoms with van der Waals surface area (Å²) in [6, 6.07) is 9.71. The highest BCUT2D eigenvalue weighted by Gasteiger charge is 2.07. The third kappa shape index (κ3) is 5.21. The summed E-state index contributed by atoms with van der Waals surface area (Å²) in [6.07, 6.45) is 4.08. The van der Waals surface area contributed by atoms with Crippen LogP contribution in [0.3, 0.4) is 0 Å². The van der Waals surface area contributed by atoms with Crippen molar-refractivity contribution in [2.24, 2.45) is 0 Å². The number of aromatic nitrogens is 1. The first-order chi connectivity index (χ1) is 13.6. The summed E-state index contributed by atoms with van der Waals surface area (Å²) in [5.41, 5.74) is 1.90. The van der Waals surface area contributed by atoms with Gasteiger partial charge in [0.1, 0.15) is 0 Å². The number of hydrogen-bond acceptors (Lipinski definition) is 6. The standard InChI is InChI=1S/C21H22N2O3S2/c1-14-23-17(13-27-14)20-8-6-16(28-20)10-11-22-21(24)9-5-15-4-7-18(25-2)19(12-15)26-3/h4-9,12-13H,10-11H2,1-3H3,(H,22,24)/b9-5+. The largest absolute Gasteiger partial charge is 0.493 e. The van der Waals surface area contributed by atoms with Gasteiger partial charge in [-0.1, -0.05) is 6.07 Å². The van der Waals surface area contributed by atoms with Crippen LogP contribution in [0, 0.1) is 6.92 Å². The average Bonchev–Trinajstić information content (AvgIpc) is 3.35. The molecule has 0 atom stereocenters. The van der Waals surface area contributed by atoms with E-state index in [0.29, 0.717) is 18.0 Å². The normalized spacial score (nSPS) is 11.0. The van der Waals surface area contributed by atoms with E-state index in [9.17, 15) is 4.79 Å². The molecule has 0 aliphatic carbocycles. The molecule has 0 fully saturated rings. The molecule has 0 saturated carbocycles. The minimum atomic E-state index is -0.123. The zero-order valence-electron chi connectivity index (χ0n) is 16.0. The van der Waals surface area contributed by atoms with Gasteiger partial charge in [0.15, 0.2) is 11.5 Å². The van der Waals surface area contributed by atoms with Crippen LogP contribution in [0.2, 0.25) is 0 Å². The van der Waals surface area contributed by atoms with E-state index in [1.165, 1.54) is 15.8 Å². The summed E-state index contributed by atoms with van der Waals surface area (Å²) < 4.78 is 10.5. The van der Waals surface area contributed by atoms with Crippen LogP contribution in [0.15, 0.2) is 41.8 Å². The molecule has 0 aliphatic heterocycles. The van der Waals surface area contributed by atoms with Crippen molar-refractivity contribution in [1.29, 1.82) is 0 Å². The molecule has 3 aromatic rings. The zero-order chi connectivity index (χ0) is 19.9. The van der Waals surface area contributed by atoms with E-state index in [4.69, 9.17) is 9.47 Å². The van der Waals surface area contributed by atoms with Gasteiger partial charge >= 0.3 is 0 Å². The van der Waals surface area contributed by atoms with Crippen molar-refractivity contribution in [3.05, 3.63) is 57.2 Å². The molecule has 0 radical (unpaired) electrons. The predicted molar refractivity (Wildman–Crippen MR) is 115 cm³/mol. The van der Waals surface area contributed by atoms with Gasteiger partial charge in [-0.3, -0.25) is 4.79 Å². The predicted octanol–water partition coefficient (Wildman–Crippen LogP) is 4.57. The summed E-state index contributed by atoms with van der Waals surface area (Å²) in [5.74, 6) is 1.17. The van der Waals surface area contributed by atoms with Crippen LogP contribution in [0.25, 0.3) is 16.6 Å². The number of nitrogens with zero attached hydrogens (tertiary/aromatic N) is 1. The summed E-state index contributed by atoms with van der Waals surface area (Å²) in [4.78, 5) is 19.0. The van der Waals surface area contributed by atoms with Crippen LogP contribution in [-0.2, 0) is 11.2 Å². The van der Waals surface area contributed by atoms with Crippen LogP contribution < -0.4 is 14.8 Å². The lowest BCUT2D eigenvalue weighted by atomic mass is 10.2. The van der Waals surface area contributed by atoms with Crippen molar-refractivity contribution >= 4 is 34.7 Å². The fourth-order valence-corrected chi connectivity index (χ4v) is 4.28. The van der Waals surface area contributed by atoms with Gasteiger partial charge in [0, 0.05) is 22.9 Å². The van der Waals surface area contributed by atoms with Crippen molar-refractivity contribution in [2.45, 2.75) is 13.3 Å². The van der Waals surface area contributed by atoms with E-state index < -0.39 is 0 Å². The first kappa shape index (κ1) is 20.1. The number of thiazole rings is 1. The maximum atomic E-state index is 12.1. The van der Waals surface area contributed by atoms with E-state index >= 15 is 0 Å². The molecule has 0 unspecified atom stereocenters. The Hall–Kier alpha value is -2.64. The number of nitrogens with one attached hydrogen (secondary N) is 1. The summed E-state index contributed by atoms with van der Waals surface area (Å²) in [7, 11) is 3.18. The Morgan fingerprint density at radius 1 is 1.18 bits per heavy atom. The topological polar surface area (TPSA) is 60.5 Å². The molecule has 28 heavy (non-hydrogen) atoms. The second kappa shape index (κ2) is 9.52. The minimum absolute atomic E-state index is 0.123. The monoisotopic (exact) mass is 414 g/mol. The molecule has 1 amide bonds. The molecule has 5 nitrogen and oxygen atoms in total. The Kier molecular flexibility index (Phi) is 6.84. The Bertz CT molecular complexity index is 976. The number of amides is 1. The van der Waals surface area contributed by atoms with E-state index in [-0.39, 0.29) is 5.91 Å². The summed E-state index contributed by atoms with van der Waals surface area (Å²) in [5, 5.41) is 6.06. The Morgan fingerprint density at radius 2 is 2.00 bits per heavy atom. The quantitative estimate of drug-likeness (QED) is 0.549. The molecule has 2 aromatic heterocycles. The third-order valence-corrected chi connectivity index (χ3v) is 5.98. The van der Waals surface area contributed by atoms with E-state index in [1.54, 1.807) is 43.0 Å². The number of hydrogen-bond donors (Lipinski definition) is 1. The fourth-order valence-electron chi connectivity index (χ4n) is 2.62. The van der Waals surface area contributed by atoms with Gasteiger partial charge in [0.05, 0.1) is 29.8 Å². The van der Waals surface area contributed by atoms with Crippen molar-refractivity contribution in [3.63, 3.8) is 0 Å². The van der Waals surface area contributed by atoms with E-state index in [0.717, 1.165) is 22.7 Å². The number of aryl methyl sites for hydroxylation is 1. The Balaban J connectivity index is 1.49. The van der Waals surface area contributed by atoms with Crippen LogP contribution in [-0.4, -0.2) is 31.7 Å². The molecule has 0 saturated heterocycles. The van der Waals surface area contributed by atoms with Crippen LogP contribution in [0.4, 0.5) is 0 Å². The fraction of sp³-hybridized carbons (Fsp3) is 0.238. The van der Waals surface area contributed by atoms with Crippen molar-refractivity contribution in [2.75, 3.05) is 20.8 Å². The molecular weight excluding hydrogens is 392 g/mol. The SMILES string of the molecule is COc1ccc(/C=C/C(=O)NCCc2ccc(-c3csc(C)n3)s2)cc1OC. The lowest BCUT2D eigenvalue weighted by molar-refractivity contribution is -0.116. The number of thiophene rings is 1. The molecule has 0 aliphatic rings.